The Bertz CT molecular complexity index is 1650. The van der Waals surface area contributed by atoms with Gasteiger partial charge in [-0.15, -0.1) is 0 Å². The molecule has 2 N–H and O–H groups in total. The minimum absolute atomic E-state index is 0.0704. The Morgan fingerprint density at radius 2 is 0.889 bits per heavy atom. The number of esters is 2. The molecular formula is C29H18F18O7. The number of alkyl halides is 18. The van der Waals surface area contributed by atoms with Crippen molar-refractivity contribution in [1.29, 1.82) is 0 Å². The van der Waals surface area contributed by atoms with Crippen LogP contribution in [0.15, 0.2) is 66.8 Å². The van der Waals surface area contributed by atoms with Crippen molar-refractivity contribution >= 4 is 11.9 Å². The van der Waals surface area contributed by atoms with E-state index in [9.17, 15) is 98.8 Å². The summed E-state index contributed by atoms with van der Waals surface area (Å²) in [5, 5.41) is 19.2. The topological polar surface area (TPSA) is 102 Å². The highest BCUT2D eigenvalue weighted by Crippen LogP contribution is 2.56. The third-order valence-corrected chi connectivity index (χ3v) is 6.96. The molecule has 0 heterocycles. The molecule has 302 valence electrons. The standard InChI is InChI=1S/C29H18F18O7/c1-12(2)19(48)53-17-6-4-14(5-7-17)23(28(42,43)44,29(45,46)47)52-11-13(3)20(49)54-18-9-15(21(50,24(30,31)32)25(33,34)35)8-16(10-18)22(51,26(36,37)38)27(39,40)41/h4-10,50-51H,1,3,11H2,2H3. The molecule has 2 rings (SSSR count). The van der Waals surface area contributed by atoms with E-state index in [1.165, 1.54) is 0 Å². The van der Waals surface area contributed by atoms with Gasteiger partial charge in [0.2, 0.25) is 0 Å². The van der Waals surface area contributed by atoms with Gasteiger partial charge in [0.1, 0.15) is 11.5 Å². The Hall–Kier alpha value is -4.52. The first-order valence-electron chi connectivity index (χ1n) is 13.4. The summed E-state index contributed by atoms with van der Waals surface area (Å²) in [6.07, 6.45) is -41.2. The second-order valence-corrected chi connectivity index (χ2v) is 10.8. The second-order valence-electron chi connectivity index (χ2n) is 10.8. The predicted octanol–water partition coefficient (Wildman–Crippen LogP) is 8.29. The van der Waals surface area contributed by atoms with Crippen LogP contribution in [0.5, 0.6) is 11.5 Å². The summed E-state index contributed by atoms with van der Waals surface area (Å²) >= 11 is 0. The van der Waals surface area contributed by atoms with E-state index in [0.717, 1.165) is 6.92 Å². The van der Waals surface area contributed by atoms with Gasteiger partial charge in [-0.25, -0.2) is 9.59 Å². The molecule has 0 amide bonds. The number of aliphatic hydroxyl groups is 2. The van der Waals surface area contributed by atoms with E-state index < -0.39 is 124 Å². The fourth-order valence-corrected chi connectivity index (χ4v) is 4.17. The van der Waals surface area contributed by atoms with Crippen LogP contribution in [0.1, 0.15) is 23.6 Å². The summed E-state index contributed by atoms with van der Waals surface area (Å²) in [4.78, 5) is 24.2. The maximum Gasteiger partial charge on any atom is 0.430 e. The van der Waals surface area contributed by atoms with Crippen molar-refractivity contribution in [3.8, 4) is 11.5 Å². The molecule has 0 aliphatic carbocycles. The monoisotopic (exact) mass is 820 g/mol. The molecule has 0 aliphatic rings. The van der Waals surface area contributed by atoms with Crippen molar-refractivity contribution in [3.05, 3.63) is 83.5 Å². The second kappa shape index (κ2) is 14.3. The minimum Gasteiger partial charge on any atom is -0.423 e. The zero-order chi connectivity index (χ0) is 42.5. The lowest BCUT2D eigenvalue weighted by Gasteiger charge is -2.37. The maximum absolute atomic E-state index is 14.2. The first-order valence-corrected chi connectivity index (χ1v) is 13.4. The highest BCUT2D eigenvalue weighted by molar-refractivity contribution is 5.90. The Morgan fingerprint density at radius 1 is 0.537 bits per heavy atom. The van der Waals surface area contributed by atoms with Crippen LogP contribution < -0.4 is 9.47 Å². The van der Waals surface area contributed by atoms with Gasteiger partial charge in [0.15, 0.2) is 0 Å². The third kappa shape index (κ3) is 8.25. The van der Waals surface area contributed by atoms with E-state index in [4.69, 9.17) is 0 Å². The highest BCUT2D eigenvalue weighted by atomic mass is 19.4. The molecule has 0 bridgehead atoms. The number of ether oxygens (including phenoxy) is 3. The van der Waals surface area contributed by atoms with Gasteiger partial charge in [-0.1, -0.05) is 25.3 Å². The van der Waals surface area contributed by atoms with E-state index in [-0.39, 0.29) is 17.7 Å². The number of hydrogen-bond acceptors (Lipinski definition) is 7. The van der Waals surface area contributed by atoms with Crippen molar-refractivity contribution < 1.29 is 113 Å². The molecule has 0 atom stereocenters. The van der Waals surface area contributed by atoms with Crippen LogP contribution in [-0.2, 0) is 31.1 Å². The lowest BCUT2D eigenvalue weighted by molar-refractivity contribution is -0.387. The van der Waals surface area contributed by atoms with Gasteiger partial charge in [0.25, 0.3) is 16.8 Å². The molecule has 25 heteroatoms. The van der Waals surface area contributed by atoms with Crippen LogP contribution in [0, 0.1) is 0 Å². The van der Waals surface area contributed by atoms with E-state index in [1.54, 1.807) is 0 Å². The molecule has 2 aromatic carbocycles. The van der Waals surface area contributed by atoms with Crippen molar-refractivity contribution in [2.45, 2.75) is 60.8 Å². The summed E-state index contributed by atoms with van der Waals surface area (Å²) < 4.78 is 260. The minimum atomic E-state index is -7.04. The van der Waals surface area contributed by atoms with Crippen molar-refractivity contribution in [2.24, 2.45) is 0 Å². The van der Waals surface area contributed by atoms with E-state index >= 15 is 0 Å². The molecule has 2 aromatic rings. The maximum atomic E-state index is 14.2. The molecule has 0 saturated heterocycles. The normalized spacial score (nSPS) is 14.1. The fourth-order valence-electron chi connectivity index (χ4n) is 4.17. The zero-order valence-electron chi connectivity index (χ0n) is 25.9. The summed E-state index contributed by atoms with van der Waals surface area (Å²) in [6.45, 7) is 4.65. The predicted molar refractivity (Wildman–Crippen MR) is 140 cm³/mol. The first kappa shape index (κ1) is 45.6. The summed E-state index contributed by atoms with van der Waals surface area (Å²) in [7, 11) is 0. The van der Waals surface area contributed by atoms with Gasteiger partial charge in [-0.2, -0.15) is 79.0 Å². The van der Waals surface area contributed by atoms with E-state index in [2.05, 4.69) is 27.4 Å². The Balaban J connectivity index is 2.72. The van der Waals surface area contributed by atoms with Gasteiger partial charge in [0, 0.05) is 22.3 Å². The molecule has 0 saturated carbocycles. The number of carbonyl (C=O) groups is 2. The first-order chi connectivity index (χ1) is 23.9. The van der Waals surface area contributed by atoms with Gasteiger partial charge >= 0.3 is 49.0 Å². The van der Waals surface area contributed by atoms with E-state index in [1.807, 2.05) is 0 Å². The van der Waals surface area contributed by atoms with E-state index in [0.29, 0.717) is 12.1 Å². The molecule has 7 nitrogen and oxygen atoms in total. The van der Waals surface area contributed by atoms with Gasteiger partial charge < -0.3 is 24.4 Å². The lowest BCUT2D eigenvalue weighted by atomic mass is 9.85. The summed E-state index contributed by atoms with van der Waals surface area (Å²) in [5.41, 5.74) is -28.1. The molecule has 0 radical (unpaired) electrons. The largest absolute Gasteiger partial charge is 0.430 e. The van der Waals surface area contributed by atoms with Gasteiger partial charge in [-0.05, 0) is 37.3 Å². The zero-order valence-corrected chi connectivity index (χ0v) is 25.9. The highest BCUT2D eigenvalue weighted by Gasteiger charge is 2.75. The fraction of sp³-hybridized carbons (Fsp3) is 0.379. The lowest BCUT2D eigenvalue weighted by Crippen LogP contribution is -2.56. The van der Waals surface area contributed by atoms with Crippen molar-refractivity contribution in [1.82, 2.24) is 0 Å². The molecule has 0 fully saturated rings. The van der Waals surface area contributed by atoms with Crippen LogP contribution in [0.2, 0.25) is 0 Å². The van der Waals surface area contributed by atoms with Crippen molar-refractivity contribution in [2.75, 3.05) is 6.61 Å². The van der Waals surface area contributed by atoms with Gasteiger partial charge in [-0.3, -0.25) is 0 Å². The SMILES string of the molecule is C=C(C)C(=O)Oc1ccc(C(OCC(=C)C(=O)Oc2cc(C(O)(C(F)(F)F)C(F)(F)F)cc(C(O)(C(F)(F)F)C(F)(F)F)c2)(C(F)(F)F)C(F)(F)F)cc1. The third-order valence-electron chi connectivity index (χ3n) is 6.96. The molecule has 0 spiro atoms. The molecule has 0 aromatic heterocycles. The molecule has 54 heavy (non-hydrogen) atoms. The number of halogens is 18. The summed E-state index contributed by atoms with van der Waals surface area (Å²) in [6, 6.07) is -1.97. The van der Waals surface area contributed by atoms with Crippen LogP contribution in [0.4, 0.5) is 79.0 Å². The van der Waals surface area contributed by atoms with Crippen LogP contribution in [0.3, 0.4) is 0 Å². The molecule has 0 unspecified atom stereocenters. The quantitative estimate of drug-likeness (QED) is 0.108. The average molecular weight is 820 g/mol. The van der Waals surface area contributed by atoms with Crippen LogP contribution >= 0.6 is 0 Å². The number of benzene rings is 2. The van der Waals surface area contributed by atoms with Gasteiger partial charge in [0.05, 0.1) is 12.2 Å². The van der Waals surface area contributed by atoms with Crippen molar-refractivity contribution in [3.63, 3.8) is 0 Å². The Labute approximate surface area is 288 Å². The molecule has 0 aliphatic heterocycles. The number of carbonyl (C=O) groups excluding carboxylic acids is 2. The molecular weight excluding hydrogens is 802 g/mol. The number of rotatable bonds is 10. The summed E-state index contributed by atoms with van der Waals surface area (Å²) in [5.74, 6) is -6.62. The Kier molecular flexibility index (Phi) is 12.1. The smallest absolute Gasteiger partial charge is 0.423 e. The average Bonchev–Trinajstić information content (AvgIpc) is 2.97. The Morgan fingerprint density at radius 3 is 1.20 bits per heavy atom. The van der Waals surface area contributed by atoms with Crippen LogP contribution in [-0.4, -0.2) is 65.8 Å². The van der Waals surface area contributed by atoms with Crippen LogP contribution in [0.25, 0.3) is 0 Å². The number of hydrogen-bond donors (Lipinski definition) is 2.